The molecule has 1 N–H and O–H groups in total. The van der Waals surface area contributed by atoms with Crippen LogP contribution in [0.25, 0.3) is 0 Å². The highest BCUT2D eigenvalue weighted by atomic mass is 32.1. The molecule has 1 saturated heterocycles. The second-order valence-electron chi connectivity index (χ2n) is 5.50. The van der Waals surface area contributed by atoms with E-state index in [1.165, 1.54) is 11.3 Å². The number of nitrogens with zero attached hydrogens (tertiary/aromatic N) is 3. The maximum atomic E-state index is 12.1. The lowest BCUT2D eigenvalue weighted by Crippen LogP contribution is -2.43. The van der Waals surface area contributed by atoms with Gasteiger partial charge in [0.15, 0.2) is 0 Å². The zero-order valence-electron chi connectivity index (χ0n) is 12.8. The lowest BCUT2D eigenvalue weighted by Gasteiger charge is -2.25. The molecule has 0 bridgehead atoms. The summed E-state index contributed by atoms with van der Waals surface area (Å²) in [5, 5.41) is 14.1. The Labute approximate surface area is 134 Å². The number of rotatable bonds is 5. The number of amides is 2. The summed E-state index contributed by atoms with van der Waals surface area (Å²) in [4.78, 5) is 27.8. The van der Waals surface area contributed by atoms with Crippen LogP contribution in [-0.2, 0) is 9.59 Å². The van der Waals surface area contributed by atoms with Crippen molar-refractivity contribution in [3.05, 3.63) is 17.0 Å². The van der Waals surface area contributed by atoms with Crippen molar-refractivity contribution >= 4 is 28.2 Å². The molecule has 1 aliphatic rings. The molecule has 0 radical (unpaired) electrons. The van der Waals surface area contributed by atoms with Crippen molar-refractivity contribution in [1.82, 2.24) is 9.80 Å². The van der Waals surface area contributed by atoms with E-state index in [-0.39, 0.29) is 17.9 Å². The zero-order valence-corrected chi connectivity index (χ0v) is 13.7. The molecule has 2 heterocycles. The van der Waals surface area contributed by atoms with Gasteiger partial charge in [0.1, 0.15) is 11.1 Å². The van der Waals surface area contributed by atoms with Crippen LogP contribution in [0.4, 0.5) is 5.00 Å². The van der Waals surface area contributed by atoms with Crippen LogP contribution in [0, 0.1) is 11.3 Å². The minimum absolute atomic E-state index is 0.0999. The Hall–Kier alpha value is -1.91. The first kappa shape index (κ1) is 16.5. The molecule has 6 nitrogen and oxygen atoms in total. The molecule has 0 spiro atoms. The fraction of sp³-hybridized carbons (Fsp3) is 0.533. The number of anilines is 1. The third-order valence-corrected chi connectivity index (χ3v) is 4.58. The molecule has 22 heavy (non-hydrogen) atoms. The van der Waals surface area contributed by atoms with E-state index in [1.54, 1.807) is 30.4 Å². The summed E-state index contributed by atoms with van der Waals surface area (Å²) >= 11 is 1.34. The van der Waals surface area contributed by atoms with Crippen molar-refractivity contribution in [3.8, 4) is 6.07 Å². The average Bonchev–Trinajstić information content (AvgIpc) is 3.12. The minimum Gasteiger partial charge on any atom is -0.347 e. The molecule has 2 amide bonds. The number of hydrogen-bond acceptors (Lipinski definition) is 5. The quantitative estimate of drug-likeness (QED) is 0.892. The molecule has 1 atom stereocenters. The van der Waals surface area contributed by atoms with Gasteiger partial charge in [0.05, 0.1) is 11.6 Å². The molecule has 1 aliphatic heterocycles. The zero-order chi connectivity index (χ0) is 16.1. The topological polar surface area (TPSA) is 76.4 Å². The summed E-state index contributed by atoms with van der Waals surface area (Å²) in [5.41, 5.74) is 0.486. The lowest BCUT2D eigenvalue weighted by molar-refractivity contribution is -0.133. The Morgan fingerprint density at radius 2 is 2.32 bits per heavy atom. The fourth-order valence-electron chi connectivity index (χ4n) is 2.60. The van der Waals surface area contributed by atoms with Crippen LogP contribution in [0.2, 0.25) is 0 Å². The number of nitrogens with one attached hydrogen (secondary N) is 1. The molecular formula is C15H20N4O2S. The summed E-state index contributed by atoms with van der Waals surface area (Å²) in [7, 11) is 3.51. The number of likely N-dealkylation sites (tertiary alicyclic amines) is 1. The monoisotopic (exact) mass is 320 g/mol. The molecule has 2 rings (SSSR count). The fourth-order valence-corrected chi connectivity index (χ4v) is 3.35. The van der Waals surface area contributed by atoms with E-state index in [4.69, 9.17) is 5.26 Å². The molecule has 0 aliphatic carbocycles. The largest absolute Gasteiger partial charge is 0.347 e. The van der Waals surface area contributed by atoms with Gasteiger partial charge in [-0.05, 0) is 30.8 Å². The van der Waals surface area contributed by atoms with Gasteiger partial charge in [-0.2, -0.15) is 5.26 Å². The van der Waals surface area contributed by atoms with Crippen LogP contribution in [0.1, 0.15) is 24.8 Å². The van der Waals surface area contributed by atoms with E-state index in [0.29, 0.717) is 23.5 Å². The van der Waals surface area contributed by atoms with Crippen molar-refractivity contribution < 1.29 is 9.59 Å². The molecule has 1 aromatic heterocycles. The first-order valence-electron chi connectivity index (χ1n) is 7.25. The van der Waals surface area contributed by atoms with E-state index >= 15 is 0 Å². The Balaban J connectivity index is 1.86. The number of hydrogen-bond donors (Lipinski definition) is 1. The van der Waals surface area contributed by atoms with Gasteiger partial charge < -0.3 is 10.2 Å². The normalized spacial score (nSPS) is 18.0. The van der Waals surface area contributed by atoms with E-state index in [2.05, 4.69) is 10.2 Å². The van der Waals surface area contributed by atoms with Crippen LogP contribution in [-0.4, -0.2) is 54.8 Å². The van der Waals surface area contributed by atoms with Gasteiger partial charge in [-0.15, -0.1) is 11.3 Å². The minimum atomic E-state index is -0.123. The number of thiophene rings is 1. The number of carbonyl (C=O) groups excluding carboxylic acids is 2. The number of nitriles is 1. The van der Waals surface area contributed by atoms with Crippen LogP contribution >= 0.6 is 11.3 Å². The molecule has 0 aromatic carbocycles. The van der Waals surface area contributed by atoms with Crippen molar-refractivity contribution in [2.45, 2.75) is 25.3 Å². The SMILES string of the molecule is CN(C)C(=O)[C@@H]1CCCN1CCC(=O)Nc1sccc1C#N. The highest BCUT2D eigenvalue weighted by Crippen LogP contribution is 2.23. The molecule has 1 fully saturated rings. The molecule has 7 heteroatoms. The van der Waals surface area contributed by atoms with E-state index in [0.717, 1.165) is 19.4 Å². The van der Waals surface area contributed by atoms with Gasteiger partial charge >= 0.3 is 0 Å². The van der Waals surface area contributed by atoms with Crippen LogP contribution in [0.5, 0.6) is 0 Å². The predicted octanol–water partition coefficient (Wildman–Crippen LogP) is 1.50. The van der Waals surface area contributed by atoms with Crippen LogP contribution in [0.3, 0.4) is 0 Å². The van der Waals surface area contributed by atoms with Crippen molar-refractivity contribution in [3.63, 3.8) is 0 Å². The highest BCUT2D eigenvalue weighted by Gasteiger charge is 2.31. The van der Waals surface area contributed by atoms with Crippen LogP contribution in [0.15, 0.2) is 11.4 Å². The summed E-state index contributed by atoms with van der Waals surface area (Å²) in [6.45, 7) is 1.41. The summed E-state index contributed by atoms with van der Waals surface area (Å²) in [6.07, 6.45) is 2.15. The summed E-state index contributed by atoms with van der Waals surface area (Å²) in [6, 6.07) is 3.62. The Morgan fingerprint density at radius 1 is 1.55 bits per heavy atom. The summed E-state index contributed by atoms with van der Waals surface area (Å²) < 4.78 is 0. The van der Waals surface area contributed by atoms with Crippen molar-refractivity contribution in [1.29, 1.82) is 5.26 Å². The molecule has 0 unspecified atom stereocenters. The highest BCUT2D eigenvalue weighted by molar-refractivity contribution is 7.14. The van der Waals surface area contributed by atoms with Gasteiger partial charge in [0.2, 0.25) is 11.8 Å². The van der Waals surface area contributed by atoms with Crippen molar-refractivity contribution in [2.75, 3.05) is 32.5 Å². The van der Waals surface area contributed by atoms with Gasteiger partial charge in [0, 0.05) is 27.1 Å². The summed E-state index contributed by atoms with van der Waals surface area (Å²) in [5.74, 6) is -0.0233. The second kappa shape index (κ2) is 7.38. The van der Waals surface area contributed by atoms with Gasteiger partial charge in [-0.3, -0.25) is 14.5 Å². The second-order valence-corrected chi connectivity index (χ2v) is 6.42. The standard InChI is InChI=1S/C15H20N4O2S/c1-18(2)15(21)12-4-3-7-19(12)8-5-13(20)17-14-11(10-16)6-9-22-14/h6,9,12H,3-5,7-8H2,1-2H3,(H,17,20)/t12-/m0/s1. The third-order valence-electron chi connectivity index (χ3n) is 3.75. The van der Waals surface area contributed by atoms with Crippen LogP contribution < -0.4 is 5.32 Å². The Bertz CT molecular complexity index is 591. The van der Waals surface area contributed by atoms with E-state index in [1.807, 2.05) is 6.07 Å². The molecule has 1 aromatic rings. The maximum absolute atomic E-state index is 12.1. The Morgan fingerprint density at radius 3 is 3.00 bits per heavy atom. The van der Waals surface area contributed by atoms with Gasteiger partial charge in [-0.1, -0.05) is 0 Å². The van der Waals surface area contributed by atoms with E-state index < -0.39 is 0 Å². The van der Waals surface area contributed by atoms with Gasteiger partial charge in [-0.25, -0.2) is 0 Å². The van der Waals surface area contributed by atoms with Crippen molar-refractivity contribution in [2.24, 2.45) is 0 Å². The van der Waals surface area contributed by atoms with Gasteiger partial charge in [0.25, 0.3) is 0 Å². The average molecular weight is 320 g/mol. The molecule has 118 valence electrons. The molecule has 0 saturated carbocycles. The van der Waals surface area contributed by atoms with E-state index in [9.17, 15) is 9.59 Å². The third kappa shape index (κ3) is 3.84. The first-order valence-corrected chi connectivity index (χ1v) is 8.13. The maximum Gasteiger partial charge on any atom is 0.239 e. The first-order chi connectivity index (χ1) is 10.5. The number of likely N-dealkylation sites (N-methyl/N-ethyl adjacent to an activating group) is 1. The molecular weight excluding hydrogens is 300 g/mol. The Kier molecular flexibility index (Phi) is 5.52. The lowest BCUT2D eigenvalue weighted by atomic mass is 10.2. The predicted molar refractivity (Wildman–Crippen MR) is 85.6 cm³/mol. The number of carbonyl (C=O) groups is 2. The smallest absolute Gasteiger partial charge is 0.239 e.